The Morgan fingerprint density at radius 1 is 1.16 bits per heavy atom. The molecule has 0 aromatic heterocycles. The highest BCUT2D eigenvalue weighted by atomic mass is 35.6. The van der Waals surface area contributed by atoms with Crippen LogP contribution in [0.1, 0.15) is 43.5 Å². The Morgan fingerprint density at radius 2 is 1.76 bits per heavy atom. The molecule has 0 aliphatic carbocycles. The van der Waals surface area contributed by atoms with Crippen LogP contribution in [0.2, 0.25) is 0 Å². The molecule has 0 unspecified atom stereocenters. The Labute approximate surface area is 167 Å². The van der Waals surface area contributed by atoms with E-state index < -0.39 is 9.96 Å². The SMILES string of the molecule is CCCCC(=O)N[C@H](NC(=S)Nc1ccc(C(C)=O)cc1)C(Cl)(Cl)Cl. The van der Waals surface area contributed by atoms with Crippen LogP contribution in [0, 0.1) is 0 Å². The van der Waals surface area contributed by atoms with E-state index in [4.69, 9.17) is 47.0 Å². The van der Waals surface area contributed by atoms with Crippen LogP contribution < -0.4 is 16.0 Å². The predicted octanol–water partition coefficient (Wildman–Crippen LogP) is 4.18. The molecule has 5 nitrogen and oxygen atoms in total. The van der Waals surface area contributed by atoms with Crippen LogP contribution in [0.25, 0.3) is 0 Å². The zero-order chi connectivity index (χ0) is 19.0. The Bertz CT molecular complexity index is 618. The van der Waals surface area contributed by atoms with Crippen molar-refractivity contribution in [2.24, 2.45) is 0 Å². The van der Waals surface area contributed by atoms with Crippen molar-refractivity contribution < 1.29 is 9.59 Å². The fraction of sp³-hybridized carbons (Fsp3) is 0.438. The standard InChI is InChI=1S/C16H20Cl3N3O2S/c1-3-4-5-13(24)21-14(16(17,18)19)22-15(25)20-12-8-6-11(7-9-12)10(2)23/h6-9,14H,3-5H2,1-2H3,(H,21,24)(H2,20,22,25)/t14-/m1/s1. The van der Waals surface area contributed by atoms with Crippen molar-refractivity contribution in [1.82, 2.24) is 10.6 Å². The lowest BCUT2D eigenvalue weighted by Gasteiger charge is -2.27. The van der Waals surface area contributed by atoms with Gasteiger partial charge in [-0.25, -0.2) is 0 Å². The first kappa shape index (κ1) is 22.0. The molecule has 3 N–H and O–H groups in total. The highest BCUT2D eigenvalue weighted by molar-refractivity contribution is 7.80. The number of hydrogen-bond acceptors (Lipinski definition) is 3. The third-order valence-electron chi connectivity index (χ3n) is 3.21. The largest absolute Gasteiger partial charge is 0.339 e. The molecule has 1 aromatic rings. The number of alkyl halides is 3. The van der Waals surface area contributed by atoms with E-state index >= 15 is 0 Å². The molecule has 9 heteroatoms. The molecule has 0 radical (unpaired) electrons. The van der Waals surface area contributed by atoms with Crippen LogP contribution in [0.4, 0.5) is 5.69 Å². The van der Waals surface area contributed by atoms with Gasteiger partial charge in [0.1, 0.15) is 6.17 Å². The molecule has 1 aromatic carbocycles. The normalized spacial score (nSPS) is 12.2. The zero-order valence-corrected chi connectivity index (χ0v) is 17.0. The van der Waals surface area contributed by atoms with Crippen molar-refractivity contribution in [2.45, 2.75) is 43.1 Å². The molecule has 0 saturated heterocycles. The second-order valence-corrected chi connectivity index (χ2v) is 8.15. The molecule has 0 fully saturated rings. The summed E-state index contributed by atoms with van der Waals surface area (Å²) in [5.74, 6) is -0.266. The van der Waals surface area contributed by atoms with Crippen molar-refractivity contribution in [1.29, 1.82) is 0 Å². The van der Waals surface area contributed by atoms with Crippen molar-refractivity contribution >= 4 is 69.5 Å². The smallest absolute Gasteiger partial charge is 0.228 e. The third kappa shape index (κ3) is 8.23. The van der Waals surface area contributed by atoms with Crippen LogP contribution in [0.5, 0.6) is 0 Å². The summed E-state index contributed by atoms with van der Waals surface area (Å²) < 4.78 is -1.79. The van der Waals surface area contributed by atoms with Crippen LogP contribution in [-0.2, 0) is 4.79 Å². The maximum atomic E-state index is 11.9. The second-order valence-electron chi connectivity index (χ2n) is 5.38. The fourth-order valence-electron chi connectivity index (χ4n) is 1.86. The first-order valence-corrected chi connectivity index (χ1v) is 9.22. The molecule has 0 aliphatic rings. The molecule has 1 atom stereocenters. The number of thiocarbonyl (C=S) groups is 1. The van der Waals surface area contributed by atoms with Gasteiger partial charge in [0.25, 0.3) is 0 Å². The van der Waals surface area contributed by atoms with Crippen LogP contribution >= 0.6 is 47.0 Å². The minimum atomic E-state index is -1.79. The van der Waals surface area contributed by atoms with Crippen LogP contribution in [0.3, 0.4) is 0 Å². The van der Waals surface area contributed by atoms with Crippen molar-refractivity contribution in [3.63, 3.8) is 0 Å². The molecule has 0 saturated carbocycles. The molecule has 0 bridgehead atoms. The summed E-state index contributed by atoms with van der Waals surface area (Å²) in [7, 11) is 0. The molecule has 138 valence electrons. The molecule has 0 aliphatic heterocycles. The van der Waals surface area contributed by atoms with Gasteiger partial charge in [-0.05, 0) is 49.8 Å². The molecule has 1 rings (SSSR count). The zero-order valence-electron chi connectivity index (χ0n) is 13.9. The van der Waals surface area contributed by atoms with Gasteiger partial charge in [0.15, 0.2) is 10.9 Å². The molecular formula is C16H20Cl3N3O2S. The summed E-state index contributed by atoms with van der Waals surface area (Å²) in [6, 6.07) is 6.75. The van der Waals surface area contributed by atoms with E-state index in [2.05, 4.69) is 16.0 Å². The summed E-state index contributed by atoms with van der Waals surface area (Å²) >= 11 is 22.9. The first-order chi connectivity index (χ1) is 11.6. The van der Waals surface area contributed by atoms with E-state index in [-0.39, 0.29) is 16.8 Å². The topological polar surface area (TPSA) is 70.2 Å². The van der Waals surface area contributed by atoms with Gasteiger partial charge in [-0.3, -0.25) is 9.59 Å². The Kier molecular flexibility index (Phi) is 8.93. The number of ketones is 1. The second kappa shape index (κ2) is 10.2. The Hall–Kier alpha value is -1.08. The van der Waals surface area contributed by atoms with Gasteiger partial charge in [-0.15, -0.1) is 0 Å². The third-order valence-corrected chi connectivity index (χ3v) is 4.09. The average molecular weight is 425 g/mol. The summed E-state index contributed by atoms with van der Waals surface area (Å²) in [6.07, 6.45) is 0.972. The number of benzene rings is 1. The number of carbonyl (C=O) groups is 2. The molecule has 0 heterocycles. The van der Waals surface area contributed by atoms with E-state index in [1.165, 1.54) is 6.92 Å². The number of rotatable bonds is 7. The number of anilines is 1. The minimum Gasteiger partial charge on any atom is -0.339 e. The molecule has 0 spiro atoms. The highest BCUT2D eigenvalue weighted by Crippen LogP contribution is 2.29. The number of amides is 1. The van der Waals surface area contributed by atoms with Gasteiger partial charge in [0.05, 0.1) is 0 Å². The highest BCUT2D eigenvalue weighted by Gasteiger charge is 2.34. The first-order valence-electron chi connectivity index (χ1n) is 7.68. The number of carbonyl (C=O) groups excluding carboxylic acids is 2. The summed E-state index contributed by atoms with van der Waals surface area (Å²) in [6.45, 7) is 3.47. The quantitative estimate of drug-likeness (QED) is 0.265. The van der Waals surface area contributed by atoms with Gasteiger partial charge in [0, 0.05) is 17.7 Å². The number of hydrogen-bond donors (Lipinski definition) is 3. The lowest BCUT2D eigenvalue weighted by molar-refractivity contribution is -0.122. The number of Topliss-reactive ketones (excluding diaryl/α,β-unsaturated/α-hetero) is 1. The van der Waals surface area contributed by atoms with Crippen LogP contribution in [-0.4, -0.2) is 26.8 Å². The van der Waals surface area contributed by atoms with E-state index in [9.17, 15) is 9.59 Å². The Balaban J connectivity index is 2.68. The molecule has 1 amide bonds. The fourth-order valence-corrected chi connectivity index (χ4v) is 2.42. The lowest BCUT2D eigenvalue weighted by atomic mass is 10.1. The monoisotopic (exact) mass is 423 g/mol. The lowest BCUT2D eigenvalue weighted by Crippen LogP contribution is -2.56. The molecular weight excluding hydrogens is 405 g/mol. The number of nitrogens with one attached hydrogen (secondary N) is 3. The van der Waals surface area contributed by atoms with Crippen LogP contribution in [0.15, 0.2) is 24.3 Å². The molecule has 25 heavy (non-hydrogen) atoms. The van der Waals surface area contributed by atoms with E-state index in [1.54, 1.807) is 24.3 Å². The maximum absolute atomic E-state index is 11.9. The van der Waals surface area contributed by atoms with E-state index in [0.717, 1.165) is 12.8 Å². The van der Waals surface area contributed by atoms with Gasteiger partial charge in [-0.2, -0.15) is 0 Å². The Morgan fingerprint density at radius 3 is 2.24 bits per heavy atom. The van der Waals surface area contributed by atoms with Gasteiger partial charge < -0.3 is 16.0 Å². The number of halogens is 3. The van der Waals surface area contributed by atoms with Crippen molar-refractivity contribution in [3.05, 3.63) is 29.8 Å². The predicted molar refractivity (Wildman–Crippen MR) is 108 cm³/mol. The van der Waals surface area contributed by atoms with Crippen molar-refractivity contribution in [3.8, 4) is 0 Å². The minimum absolute atomic E-state index is 0.0293. The maximum Gasteiger partial charge on any atom is 0.228 e. The van der Waals surface area contributed by atoms with Crippen molar-refractivity contribution in [2.75, 3.05) is 5.32 Å². The van der Waals surface area contributed by atoms with Gasteiger partial charge in [0.2, 0.25) is 9.70 Å². The summed E-state index contributed by atoms with van der Waals surface area (Å²) in [5.41, 5.74) is 1.25. The van der Waals surface area contributed by atoms with E-state index in [1.807, 2.05) is 6.92 Å². The summed E-state index contributed by atoms with van der Waals surface area (Å²) in [4.78, 5) is 23.1. The summed E-state index contributed by atoms with van der Waals surface area (Å²) in [5, 5.41) is 8.47. The average Bonchev–Trinajstić information content (AvgIpc) is 2.51. The van der Waals surface area contributed by atoms with Gasteiger partial charge >= 0.3 is 0 Å². The number of unbranched alkanes of at least 4 members (excludes halogenated alkanes) is 1. The van der Waals surface area contributed by atoms with E-state index in [0.29, 0.717) is 17.7 Å². The van der Waals surface area contributed by atoms with Gasteiger partial charge in [-0.1, -0.05) is 48.1 Å².